The highest BCUT2D eigenvalue weighted by Crippen LogP contribution is 2.43. The van der Waals surface area contributed by atoms with Crippen LogP contribution < -0.4 is 5.32 Å². The Bertz CT molecular complexity index is 268. The minimum absolute atomic E-state index is 0.309. The van der Waals surface area contributed by atoms with Crippen LogP contribution in [0.1, 0.15) is 66.2 Å². The molecule has 0 aromatic carbocycles. The van der Waals surface area contributed by atoms with Crippen molar-refractivity contribution in [3.63, 3.8) is 0 Å². The van der Waals surface area contributed by atoms with Crippen molar-refractivity contribution in [3.05, 3.63) is 0 Å². The van der Waals surface area contributed by atoms with E-state index in [2.05, 4.69) is 33.0 Å². The molecule has 19 heavy (non-hydrogen) atoms. The number of hydrogen-bond donors (Lipinski definition) is 1. The second kappa shape index (κ2) is 6.58. The van der Waals surface area contributed by atoms with Crippen LogP contribution in [0.15, 0.2) is 0 Å². The average Bonchev–Trinajstić information content (AvgIpc) is 2.37. The first-order chi connectivity index (χ1) is 9.00. The van der Waals surface area contributed by atoms with Gasteiger partial charge in [-0.1, -0.05) is 47.0 Å². The minimum atomic E-state index is 0.309. The number of rotatable bonds is 6. The minimum Gasteiger partial charge on any atom is -0.377 e. The molecule has 0 spiro atoms. The van der Waals surface area contributed by atoms with E-state index in [0.717, 1.165) is 12.5 Å². The summed E-state index contributed by atoms with van der Waals surface area (Å²) in [7, 11) is 0. The van der Waals surface area contributed by atoms with E-state index in [1.807, 2.05) is 0 Å². The van der Waals surface area contributed by atoms with E-state index in [4.69, 9.17) is 4.74 Å². The number of hydrogen-bond acceptors (Lipinski definition) is 2. The molecule has 0 amide bonds. The van der Waals surface area contributed by atoms with Crippen molar-refractivity contribution < 1.29 is 4.74 Å². The van der Waals surface area contributed by atoms with Crippen LogP contribution in [0.2, 0.25) is 0 Å². The lowest BCUT2D eigenvalue weighted by Crippen LogP contribution is -2.61. The van der Waals surface area contributed by atoms with E-state index in [-0.39, 0.29) is 0 Å². The van der Waals surface area contributed by atoms with Gasteiger partial charge in [0.15, 0.2) is 0 Å². The summed E-state index contributed by atoms with van der Waals surface area (Å²) in [6.45, 7) is 11.3. The van der Waals surface area contributed by atoms with Crippen LogP contribution in [0.4, 0.5) is 0 Å². The molecular weight excluding hydrogens is 234 g/mol. The summed E-state index contributed by atoms with van der Waals surface area (Å²) in [5, 5.41) is 3.82. The first-order valence-corrected chi connectivity index (χ1v) is 8.35. The van der Waals surface area contributed by atoms with Crippen molar-refractivity contribution >= 4 is 0 Å². The van der Waals surface area contributed by atoms with Gasteiger partial charge in [0.05, 0.1) is 6.10 Å². The van der Waals surface area contributed by atoms with Crippen LogP contribution in [0.3, 0.4) is 0 Å². The van der Waals surface area contributed by atoms with Gasteiger partial charge >= 0.3 is 0 Å². The SMILES string of the molecule is CC(C)COC1CC(NCC2CCCCC2)C1(C)C. The van der Waals surface area contributed by atoms with Crippen molar-refractivity contribution in [2.45, 2.75) is 78.4 Å². The Hall–Kier alpha value is -0.0800. The number of nitrogens with one attached hydrogen (secondary N) is 1. The molecule has 0 aliphatic heterocycles. The second-order valence-corrected chi connectivity index (χ2v) is 7.74. The molecular formula is C17H33NO. The number of ether oxygens (including phenoxy) is 1. The lowest BCUT2D eigenvalue weighted by atomic mass is 9.64. The molecule has 2 aliphatic carbocycles. The van der Waals surface area contributed by atoms with Crippen molar-refractivity contribution in [1.82, 2.24) is 5.32 Å². The molecule has 2 heteroatoms. The Morgan fingerprint density at radius 1 is 1.16 bits per heavy atom. The molecule has 2 unspecified atom stereocenters. The highest BCUT2D eigenvalue weighted by molar-refractivity contribution is 5.03. The lowest BCUT2D eigenvalue weighted by molar-refractivity contribution is -0.124. The Morgan fingerprint density at radius 2 is 1.84 bits per heavy atom. The Balaban J connectivity index is 1.68. The lowest BCUT2D eigenvalue weighted by Gasteiger charge is -2.52. The molecule has 2 rings (SSSR count). The van der Waals surface area contributed by atoms with Gasteiger partial charge in [0, 0.05) is 18.1 Å². The predicted octanol–water partition coefficient (Wildman–Crippen LogP) is 4.00. The van der Waals surface area contributed by atoms with Gasteiger partial charge < -0.3 is 10.1 Å². The highest BCUT2D eigenvalue weighted by atomic mass is 16.5. The van der Waals surface area contributed by atoms with Gasteiger partial charge in [-0.15, -0.1) is 0 Å². The van der Waals surface area contributed by atoms with Crippen LogP contribution in [-0.2, 0) is 4.74 Å². The van der Waals surface area contributed by atoms with Crippen molar-refractivity contribution in [1.29, 1.82) is 0 Å². The summed E-state index contributed by atoms with van der Waals surface area (Å²) in [4.78, 5) is 0. The Morgan fingerprint density at radius 3 is 2.42 bits per heavy atom. The maximum absolute atomic E-state index is 6.04. The van der Waals surface area contributed by atoms with Crippen LogP contribution in [0.5, 0.6) is 0 Å². The fraction of sp³-hybridized carbons (Fsp3) is 1.00. The summed E-state index contributed by atoms with van der Waals surface area (Å²) in [5.41, 5.74) is 0.309. The Kier molecular flexibility index (Phi) is 5.30. The van der Waals surface area contributed by atoms with Crippen LogP contribution in [-0.4, -0.2) is 25.3 Å². The van der Waals surface area contributed by atoms with Crippen molar-refractivity contribution in [2.75, 3.05) is 13.2 Å². The third kappa shape index (κ3) is 3.95. The monoisotopic (exact) mass is 267 g/mol. The van der Waals surface area contributed by atoms with E-state index < -0.39 is 0 Å². The van der Waals surface area contributed by atoms with Crippen molar-refractivity contribution in [2.24, 2.45) is 17.3 Å². The highest BCUT2D eigenvalue weighted by Gasteiger charge is 2.48. The third-order valence-electron chi connectivity index (χ3n) is 5.19. The quantitative estimate of drug-likeness (QED) is 0.785. The molecule has 0 bridgehead atoms. The molecule has 2 fully saturated rings. The predicted molar refractivity (Wildman–Crippen MR) is 81.3 cm³/mol. The van der Waals surface area contributed by atoms with Crippen LogP contribution in [0, 0.1) is 17.3 Å². The molecule has 112 valence electrons. The fourth-order valence-electron chi connectivity index (χ4n) is 3.52. The zero-order valence-electron chi connectivity index (χ0n) is 13.4. The second-order valence-electron chi connectivity index (χ2n) is 7.74. The maximum atomic E-state index is 6.04. The van der Waals surface area contributed by atoms with Gasteiger partial charge in [-0.2, -0.15) is 0 Å². The normalized spacial score (nSPS) is 31.4. The fourth-order valence-corrected chi connectivity index (χ4v) is 3.52. The molecule has 0 aromatic rings. The molecule has 1 N–H and O–H groups in total. The van der Waals surface area contributed by atoms with Gasteiger partial charge in [-0.05, 0) is 37.6 Å². The molecule has 0 heterocycles. The molecule has 2 aliphatic rings. The Labute approximate surface area is 119 Å². The van der Waals surface area contributed by atoms with Crippen LogP contribution >= 0.6 is 0 Å². The zero-order chi connectivity index (χ0) is 13.9. The maximum Gasteiger partial charge on any atom is 0.0656 e. The molecule has 0 radical (unpaired) electrons. The average molecular weight is 267 g/mol. The first-order valence-electron chi connectivity index (χ1n) is 8.35. The molecule has 0 aromatic heterocycles. The zero-order valence-corrected chi connectivity index (χ0v) is 13.4. The summed E-state index contributed by atoms with van der Waals surface area (Å²) >= 11 is 0. The molecule has 2 atom stereocenters. The smallest absolute Gasteiger partial charge is 0.0656 e. The summed E-state index contributed by atoms with van der Waals surface area (Å²) in [5.74, 6) is 1.57. The third-order valence-corrected chi connectivity index (χ3v) is 5.19. The largest absolute Gasteiger partial charge is 0.377 e. The summed E-state index contributed by atoms with van der Waals surface area (Å²) in [6, 6.07) is 0.659. The van der Waals surface area contributed by atoms with E-state index in [1.54, 1.807) is 0 Å². The van der Waals surface area contributed by atoms with E-state index in [0.29, 0.717) is 23.5 Å². The molecule has 0 saturated heterocycles. The summed E-state index contributed by atoms with van der Waals surface area (Å²) < 4.78 is 6.04. The topological polar surface area (TPSA) is 21.3 Å². The van der Waals surface area contributed by atoms with E-state index >= 15 is 0 Å². The molecule has 2 nitrogen and oxygen atoms in total. The summed E-state index contributed by atoms with van der Waals surface area (Å²) in [6.07, 6.45) is 8.88. The van der Waals surface area contributed by atoms with Gasteiger partial charge in [0.25, 0.3) is 0 Å². The van der Waals surface area contributed by atoms with Gasteiger partial charge in [-0.3, -0.25) is 0 Å². The van der Waals surface area contributed by atoms with Crippen LogP contribution in [0.25, 0.3) is 0 Å². The van der Waals surface area contributed by atoms with Gasteiger partial charge in [-0.25, -0.2) is 0 Å². The first kappa shape index (κ1) is 15.3. The molecule has 2 saturated carbocycles. The standard InChI is InChI=1S/C17H33NO/c1-13(2)12-19-16-10-15(17(16,3)4)18-11-14-8-6-5-7-9-14/h13-16,18H,5-12H2,1-4H3. The van der Waals surface area contributed by atoms with Crippen molar-refractivity contribution in [3.8, 4) is 0 Å². The van der Waals surface area contributed by atoms with E-state index in [9.17, 15) is 0 Å². The van der Waals surface area contributed by atoms with Gasteiger partial charge in [0.2, 0.25) is 0 Å². The van der Waals surface area contributed by atoms with Gasteiger partial charge in [0.1, 0.15) is 0 Å². The van der Waals surface area contributed by atoms with E-state index in [1.165, 1.54) is 45.1 Å².